The molecule has 0 amide bonds. The fourth-order valence-corrected chi connectivity index (χ4v) is 3.24. The van der Waals surface area contributed by atoms with Crippen molar-refractivity contribution in [2.45, 2.75) is 61.0 Å². The van der Waals surface area contributed by atoms with Gasteiger partial charge in [0.15, 0.2) is 6.29 Å². The zero-order valence-corrected chi connectivity index (χ0v) is 12.9. The van der Waals surface area contributed by atoms with Crippen LogP contribution in [-0.2, 0) is 14.2 Å². The van der Waals surface area contributed by atoms with Crippen molar-refractivity contribution in [3.63, 3.8) is 0 Å². The van der Waals surface area contributed by atoms with Gasteiger partial charge < -0.3 is 44.8 Å². The number of nitrogens with zero attached hydrogens (tertiary/aromatic N) is 1. The quantitative estimate of drug-likeness (QED) is 0.282. The molecule has 0 aliphatic carbocycles. The molecule has 3 aliphatic rings. The molecule has 0 aromatic rings. The number of rotatable bonds is 6. The van der Waals surface area contributed by atoms with E-state index in [9.17, 15) is 30.6 Å². The van der Waals surface area contributed by atoms with Crippen molar-refractivity contribution in [3.05, 3.63) is 0 Å². The van der Waals surface area contributed by atoms with Gasteiger partial charge >= 0.3 is 0 Å². The SMILES string of the molecule is OCC1O[C@@H](OC2C[C@@](CO)(C3C=N3)O[C@@H]2CO)C(O)C(O)[C@@H]1O. The summed E-state index contributed by atoms with van der Waals surface area (Å²) in [7, 11) is 0. The summed E-state index contributed by atoms with van der Waals surface area (Å²) in [5.41, 5.74) is -0.994. The number of hydrogen-bond donors (Lipinski definition) is 6. The predicted molar refractivity (Wildman–Crippen MR) is 77.3 cm³/mol. The summed E-state index contributed by atoms with van der Waals surface area (Å²) in [6.07, 6.45) is -6.64. The van der Waals surface area contributed by atoms with Crippen LogP contribution in [0.25, 0.3) is 0 Å². The Balaban J connectivity index is 1.69. The first-order chi connectivity index (χ1) is 11.5. The van der Waals surface area contributed by atoms with Gasteiger partial charge in [0.2, 0.25) is 0 Å². The molecule has 2 fully saturated rings. The van der Waals surface area contributed by atoms with Gasteiger partial charge in [0.05, 0.1) is 25.9 Å². The second-order valence-electron chi connectivity index (χ2n) is 6.38. The lowest BCUT2D eigenvalue weighted by atomic mass is 9.94. The fourth-order valence-electron chi connectivity index (χ4n) is 3.24. The van der Waals surface area contributed by atoms with Crippen LogP contribution in [0.15, 0.2) is 4.99 Å². The lowest BCUT2D eigenvalue weighted by Crippen LogP contribution is -2.60. The fraction of sp³-hybridized carbons (Fsp3) is 0.929. The Morgan fingerprint density at radius 3 is 2.25 bits per heavy atom. The highest BCUT2D eigenvalue weighted by atomic mass is 16.7. The summed E-state index contributed by atoms with van der Waals surface area (Å²) >= 11 is 0. The van der Waals surface area contributed by atoms with Crippen LogP contribution in [-0.4, -0.2) is 111 Å². The van der Waals surface area contributed by atoms with Crippen LogP contribution in [0.2, 0.25) is 0 Å². The Labute approximate surface area is 137 Å². The molecule has 10 nitrogen and oxygen atoms in total. The third kappa shape index (κ3) is 3.09. The number of aliphatic hydroxyl groups is 6. The van der Waals surface area contributed by atoms with E-state index in [1.807, 2.05) is 0 Å². The summed E-state index contributed by atoms with van der Waals surface area (Å²) in [6, 6.07) is -0.292. The zero-order valence-electron chi connectivity index (χ0n) is 12.9. The molecule has 0 aromatic carbocycles. The average Bonchev–Trinajstić information content (AvgIpc) is 3.38. The van der Waals surface area contributed by atoms with Gasteiger partial charge in [-0.3, -0.25) is 4.99 Å². The maximum Gasteiger partial charge on any atom is 0.187 e. The molecular formula is C14H23NO9. The van der Waals surface area contributed by atoms with Crippen LogP contribution in [0.4, 0.5) is 0 Å². The van der Waals surface area contributed by atoms with Gasteiger partial charge in [-0.1, -0.05) is 0 Å². The van der Waals surface area contributed by atoms with Gasteiger partial charge in [-0.25, -0.2) is 0 Å². The van der Waals surface area contributed by atoms with Crippen LogP contribution in [0, 0.1) is 0 Å². The minimum atomic E-state index is -1.55. The van der Waals surface area contributed by atoms with E-state index in [-0.39, 0.29) is 25.7 Å². The molecule has 0 radical (unpaired) electrons. The first-order valence-electron chi connectivity index (χ1n) is 7.84. The van der Waals surface area contributed by atoms with Gasteiger partial charge in [-0.2, -0.15) is 0 Å². The van der Waals surface area contributed by atoms with E-state index in [4.69, 9.17) is 14.2 Å². The molecule has 10 heteroatoms. The summed E-state index contributed by atoms with van der Waals surface area (Å²) < 4.78 is 16.7. The lowest BCUT2D eigenvalue weighted by Gasteiger charge is -2.40. The van der Waals surface area contributed by atoms with Crippen LogP contribution in [0.5, 0.6) is 0 Å². The smallest absolute Gasteiger partial charge is 0.187 e. The Morgan fingerprint density at radius 1 is 1.04 bits per heavy atom. The average molecular weight is 349 g/mol. The van der Waals surface area contributed by atoms with Crippen molar-refractivity contribution >= 4 is 6.21 Å². The van der Waals surface area contributed by atoms with Crippen molar-refractivity contribution in [3.8, 4) is 0 Å². The van der Waals surface area contributed by atoms with E-state index < -0.39 is 55.1 Å². The standard InChI is InChI=1S/C14H23NO9/c16-3-7-6(1-14(5-18,24-7)9-2-15-9)22-13-12(21)11(20)10(19)8(4-17)23-13/h2,6-13,16-21H,1,3-5H2/t6?,7-,8?,9?,10-,11?,12?,13-,14-/m1/s1. The van der Waals surface area contributed by atoms with Crippen molar-refractivity contribution in [1.82, 2.24) is 0 Å². The molecule has 9 atom stereocenters. The highest BCUT2D eigenvalue weighted by Crippen LogP contribution is 2.40. The van der Waals surface area contributed by atoms with E-state index in [1.165, 1.54) is 0 Å². The van der Waals surface area contributed by atoms with E-state index in [0.717, 1.165) is 0 Å². The molecule has 0 bridgehead atoms. The molecule has 6 N–H and O–H groups in total. The highest BCUT2D eigenvalue weighted by Gasteiger charge is 2.55. The summed E-state index contributed by atoms with van der Waals surface area (Å²) in [5, 5.41) is 57.9. The third-order valence-electron chi connectivity index (χ3n) is 4.79. The van der Waals surface area contributed by atoms with Crippen molar-refractivity contribution in [2.75, 3.05) is 19.8 Å². The number of aliphatic imine (C=N–C) groups is 1. The Kier molecular flexibility index (Phi) is 5.21. The summed E-state index contributed by atoms with van der Waals surface area (Å²) in [5.74, 6) is 0. The molecule has 0 spiro atoms. The molecule has 0 aromatic heterocycles. The first kappa shape index (κ1) is 18.1. The van der Waals surface area contributed by atoms with E-state index in [1.54, 1.807) is 6.21 Å². The molecule has 138 valence electrons. The molecular weight excluding hydrogens is 326 g/mol. The Hall–Kier alpha value is -0.690. The van der Waals surface area contributed by atoms with Crippen molar-refractivity contribution < 1.29 is 44.8 Å². The van der Waals surface area contributed by atoms with Crippen LogP contribution >= 0.6 is 0 Å². The number of ether oxygens (including phenoxy) is 3. The largest absolute Gasteiger partial charge is 0.394 e. The number of hydrogen-bond acceptors (Lipinski definition) is 10. The van der Waals surface area contributed by atoms with E-state index in [0.29, 0.717) is 0 Å². The molecule has 0 saturated carbocycles. The van der Waals surface area contributed by atoms with Crippen LogP contribution in [0.3, 0.4) is 0 Å². The molecule has 24 heavy (non-hydrogen) atoms. The molecule has 3 rings (SSSR count). The molecule has 5 unspecified atom stereocenters. The minimum Gasteiger partial charge on any atom is -0.394 e. The zero-order chi connectivity index (χ0) is 17.5. The van der Waals surface area contributed by atoms with Crippen LogP contribution < -0.4 is 0 Å². The van der Waals surface area contributed by atoms with Crippen molar-refractivity contribution in [2.24, 2.45) is 4.99 Å². The van der Waals surface area contributed by atoms with E-state index in [2.05, 4.69) is 4.99 Å². The van der Waals surface area contributed by atoms with Gasteiger partial charge in [0.25, 0.3) is 0 Å². The monoisotopic (exact) mass is 349 g/mol. The summed E-state index contributed by atoms with van der Waals surface area (Å²) in [4.78, 5) is 4.01. The first-order valence-corrected chi connectivity index (χ1v) is 7.84. The maximum absolute atomic E-state index is 10.0. The summed E-state index contributed by atoms with van der Waals surface area (Å²) in [6.45, 7) is -1.26. The highest BCUT2D eigenvalue weighted by molar-refractivity contribution is 5.80. The van der Waals surface area contributed by atoms with Gasteiger partial charge in [0.1, 0.15) is 42.2 Å². The lowest BCUT2D eigenvalue weighted by molar-refractivity contribution is -0.314. The third-order valence-corrected chi connectivity index (χ3v) is 4.79. The van der Waals surface area contributed by atoms with Crippen LogP contribution in [0.1, 0.15) is 6.42 Å². The van der Waals surface area contributed by atoms with Gasteiger partial charge in [-0.05, 0) is 0 Å². The van der Waals surface area contributed by atoms with E-state index >= 15 is 0 Å². The Morgan fingerprint density at radius 2 is 1.71 bits per heavy atom. The number of aliphatic hydroxyl groups excluding tert-OH is 6. The predicted octanol–water partition coefficient (Wildman–Crippen LogP) is -3.86. The van der Waals surface area contributed by atoms with Gasteiger partial charge in [-0.15, -0.1) is 0 Å². The van der Waals surface area contributed by atoms with Crippen molar-refractivity contribution in [1.29, 1.82) is 0 Å². The maximum atomic E-state index is 10.0. The molecule has 3 aliphatic heterocycles. The van der Waals surface area contributed by atoms with Gasteiger partial charge in [0, 0.05) is 12.6 Å². The Bertz CT molecular complexity index is 469. The second kappa shape index (κ2) is 6.90. The normalized spacial score (nSPS) is 51.1. The second-order valence-corrected chi connectivity index (χ2v) is 6.38. The molecule has 2 saturated heterocycles. The minimum absolute atomic E-state index is 0.203. The molecule has 3 heterocycles. The topological polar surface area (TPSA) is 161 Å².